The van der Waals surface area contributed by atoms with Crippen molar-refractivity contribution in [2.45, 2.75) is 12.5 Å². The molecule has 1 aliphatic heterocycles. The maximum absolute atomic E-state index is 12.5. The van der Waals surface area contributed by atoms with E-state index in [1.165, 1.54) is 12.1 Å². The number of nitriles is 1. The van der Waals surface area contributed by atoms with Crippen molar-refractivity contribution in [2.75, 3.05) is 19.0 Å². The van der Waals surface area contributed by atoms with Crippen LogP contribution in [0.3, 0.4) is 0 Å². The molecule has 5 nitrogen and oxygen atoms in total. The first-order chi connectivity index (χ1) is 12.4. The average molecular weight is 357 g/mol. The van der Waals surface area contributed by atoms with E-state index in [1.807, 2.05) is 31.1 Å². The molecule has 2 aromatic rings. The molecule has 0 fully saturated rings. The van der Waals surface area contributed by atoms with E-state index in [-0.39, 0.29) is 11.6 Å². The van der Waals surface area contributed by atoms with Crippen LogP contribution < -0.4 is 14.4 Å². The summed E-state index contributed by atoms with van der Waals surface area (Å²) in [4.78, 5) is 1.90. The molecule has 2 unspecified atom stereocenters. The highest BCUT2D eigenvalue weighted by Crippen LogP contribution is 2.44. The van der Waals surface area contributed by atoms with Crippen LogP contribution in [0.2, 0.25) is 0 Å². The number of rotatable bonds is 4. The fourth-order valence-electron chi connectivity index (χ4n) is 3.05. The molecule has 1 aliphatic rings. The van der Waals surface area contributed by atoms with Crippen molar-refractivity contribution in [3.05, 3.63) is 53.6 Å². The monoisotopic (exact) mass is 357 g/mol. The highest BCUT2D eigenvalue weighted by molar-refractivity contribution is 5.85. The first kappa shape index (κ1) is 17.7. The van der Waals surface area contributed by atoms with Crippen molar-refractivity contribution in [1.29, 1.82) is 10.7 Å². The molecule has 0 spiro atoms. The van der Waals surface area contributed by atoms with Gasteiger partial charge in [0.25, 0.3) is 0 Å². The molecular formula is C19H17F2N3O2. The predicted octanol–water partition coefficient (Wildman–Crippen LogP) is 4.00. The fourth-order valence-corrected chi connectivity index (χ4v) is 3.05. The molecule has 0 saturated carbocycles. The van der Waals surface area contributed by atoms with Gasteiger partial charge in [-0.15, -0.1) is 0 Å². The highest BCUT2D eigenvalue weighted by Gasteiger charge is 2.37. The third kappa shape index (κ3) is 3.31. The van der Waals surface area contributed by atoms with Crippen LogP contribution in [0.5, 0.6) is 11.5 Å². The van der Waals surface area contributed by atoms with Gasteiger partial charge in [0.2, 0.25) is 5.90 Å². The van der Waals surface area contributed by atoms with E-state index in [0.717, 1.165) is 11.3 Å². The van der Waals surface area contributed by atoms with Crippen LogP contribution in [0.1, 0.15) is 17.0 Å². The molecule has 0 amide bonds. The average Bonchev–Trinajstić information content (AvgIpc) is 2.59. The lowest BCUT2D eigenvalue weighted by molar-refractivity contribution is -0.0498. The van der Waals surface area contributed by atoms with Crippen molar-refractivity contribution in [1.82, 2.24) is 0 Å². The van der Waals surface area contributed by atoms with Gasteiger partial charge in [0.1, 0.15) is 17.4 Å². The predicted molar refractivity (Wildman–Crippen MR) is 93.1 cm³/mol. The van der Waals surface area contributed by atoms with Crippen molar-refractivity contribution in [3.8, 4) is 17.6 Å². The molecule has 1 N–H and O–H groups in total. The molecule has 2 atom stereocenters. The zero-order valence-electron chi connectivity index (χ0n) is 14.2. The van der Waals surface area contributed by atoms with Crippen LogP contribution in [-0.2, 0) is 0 Å². The molecule has 0 aliphatic carbocycles. The van der Waals surface area contributed by atoms with Gasteiger partial charge < -0.3 is 14.4 Å². The van der Waals surface area contributed by atoms with Crippen LogP contribution in [0.25, 0.3) is 0 Å². The van der Waals surface area contributed by atoms with Gasteiger partial charge in [0.15, 0.2) is 0 Å². The van der Waals surface area contributed by atoms with E-state index in [1.54, 1.807) is 18.2 Å². The van der Waals surface area contributed by atoms with Crippen LogP contribution in [-0.4, -0.2) is 26.6 Å². The van der Waals surface area contributed by atoms with Gasteiger partial charge >= 0.3 is 6.61 Å². The number of nitrogens with one attached hydrogen (secondary N) is 1. The Labute approximate surface area is 149 Å². The third-order valence-corrected chi connectivity index (χ3v) is 4.27. The van der Waals surface area contributed by atoms with Gasteiger partial charge in [-0.1, -0.05) is 18.2 Å². The van der Waals surface area contributed by atoms with Gasteiger partial charge in [-0.2, -0.15) is 14.0 Å². The number of ether oxygens (including phenoxy) is 2. The van der Waals surface area contributed by atoms with E-state index in [0.29, 0.717) is 11.3 Å². The van der Waals surface area contributed by atoms with Gasteiger partial charge in [-0.3, -0.25) is 5.41 Å². The van der Waals surface area contributed by atoms with Crippen molar-refractivity contribution >= 4 is 11.6 Å². The lowest BCUT2D eigenvalue weighted by Crippen LogP contribution is -2.31. The Kier molecular flexibility index (Phi) is 4.76. The molecule has 7 heteroatoms. The molecule has 2 aromatic carbocycles. The topological polar surface area (TPSA) is 69.3 Å². The Morgan fingerprint density at radius 1 is 1.23 bits per heavy atom. The minimum Gasteiger partial charge on any atom is -0.442 e. The van der Waals surface area contributed by atoms with Crippen LogP contribution in [0, 0.1) is 22.7 Å². The van der Waals surface area contributed by atoms with Gasteiger partial charge in [-0.25, -0.2) is 0 Å². The van der Waals surface area contributed by atoms with Gasteiger partial charge in [0, 0.05) is 37.3 Å². The van der Waals surface area contributed by atoms with E-state index >= 15 is 0 Å². The summed E-state index contributed by atoms with van der Waals surface area (Å²) in [5, 5.41) is 17.6. The SMILES string of the molecule is CN(C)c1ccc2c(c1)OC(=N)C(C#N)C2c1cccc(OC(F)F)c1. The fraction of sp³-hybridized carbons (Fsp3) is 0.263. The lowest BCUT2D eigenvalue weighted by Gasteiger charge is -2.31. The van der Waals surface area contributed by atoms with Crippen LogP contribution in [0.4, 0.5) is 14.5 Å². The van der Waals surface area contributed by atoms with Crippen molar-refractivity contribution < 1.29 is 18.3 Å². The zero-order chi connectivity index (χ0) is 18.8. The summed E-state index contributed by atoms with van der Waals surface area (Å²) < 4.78 is 35.1. The molecule has 0 bridgehead atoms. The Balaban J connectivity index is 2.10. The van der Waals surface area contributed by atoms with Gasteiger partial charge in [0.05, 0.1) is 6.07 Å². The maximum Gasteiger partial charge on any atom is 0.387 e. The standard InChI is InChI=1S/C19H17F2N3O2/c1-24(2)12-6-7-14-16(9-12)26-18(23)15(10-22)17(14)11-4-3-5-13(8-11)25-19(20)21/h3-9,15,17,19,23H,1-2H3. The summed E-state index contributed by atoms with van der Waals surface area (Å²) in [6, 6.07) is 13.8. The van der Waals surface area contributed by atoms with E-state index in [2.05, 4.69) is 10.8 Å². The minimum atomic E-state index is -2.93. The first-order valence-corrected chi connectivity index (χ1v) is 7.92. The molecular weight excluding hydrogens is 340 g/mol. The molecule has 26 heavy (non-hydrogen) atoms. The lowest BCUT2D eigenvalue weighted by atomic mass is 9.79. The number of fused-ring (bicyclic) bond motifs is 1. The number of halogens is 2. The third-order valence-electron chi connectivity index (χ3n) is 4.27. The normalized spacial score (nSPS) is 18.7. The second kappa shape index (κ2) is 7.00. The molecule has 1 heterocycles. The largest absolute Gasteiger partial charge is 0.442 e. The smallest absolute Gasteiger partial charge is 0.387 e. The highest BCUT2D eigenvalue weighted by atomic mass is 19.3. The Morgan fingerprint density at radius 2 is 2.00 bits per heavy atom. The first-order valence-electron chi connectivity index (χ1n) is 7.92. The van der Waals surface area contributed by atoms with E-state index in [4.69, 9.17) is 10.1 Å². The summed E-state index contributed by atoms with van der Waals surface area (Å²) in [7, 11) is 3.77. The summed E-state index contributed by atoms with van der Waals surface area (Å²) in [5.74, 6) is -1.03. The Bertz CT molecular complexity index is 877. The number of nitrogens with zero attached hydrogens (tertiary/aromatic N) is 2. The van der Waals surface area contributed by atoms with Crippen LogP contribution in [0.15, 0.2) is 42.5 Å². The summed E-state index contributed by atoms with van der Waals surface area (Å²) in [6.07, 6.45) is 0. The van der Waals surface area contributed by atoms with Gasteiger partial charge in [-0.05, 0) is 23.8 Å². The van der Waals surface area contributed by atoms with Crippen molar-refractivity contribution in [3.63, 3.8) is 0 Å². The molecule has 0 radical (unpaired) electrons. The summed E-state index contributed by atoms with van der Waals surface area (Å²) >= 11 is 0. The summed E-state index contributed by atoms with van der Waals surface area (Å²) in [6.45, 7) is -2.93. The number of benzene rings is 2. The molecule has 0 aromatic heterocycles. The second-order valence-corrected chi connectivity index (χ2v) is 6.12. The summed E-state index contributed by atoms with van der Waals surface area (Å²) in [5.41, 5.74) is 2.23. The minimum absolute atomic E-state index is 0.0127. The number of hydrogen-bond acceptors (Lipinski definition) is 5. The number of anilines is 1. The number of hydrogen-bond donors (Lipinski definition) is 1. The van der Waals surface area contributed by atoms with E-state index < -0.39 is 18.4 Å². The Morgan fingerprint density at radius 3 is 2.65 bits per heavy atom. The molecule has 0 saturated heterocycles. The Hall–Kier alpha value is -3.14. The van der Waals surface area contributed by atoms with Crippen molar-refractivity contribution in [2.24, 2.45) is 5.92 Å². The van der Waals surface area contributed by atoms with Crippen LogP contribution >= 0.6 is 0 Å². The second-order valence-electron chi connectivity index (χ2n) is 6.12. The molecule has 3 rings (SSSR count). The maximum atomic E-state index is 12.5. The quantitative estimate of drug-likeness (QED) is 0.898. The van der Waals surface area contributed by atoms with E-state index in [9.17, 15) is 14.0 Å². The number of alkyl halides is 2. The zero-order valence-corrected chi connectivity index (χ0v) is 14.2. The molecule has 134 valence electrons.